The van der Waals surface area contributed by atoms with E-state index < -0.39 is 0 Å². The van der Waals surface area contributed by atoms with E-state index >= 15 is 0 Å². The molecule has 0 unspecified atom stereocenters. The van der Waals surface area contributed by atoms with Crippen LogP contribution in [0.5, 0.6) is 0 Å². The molecular weight excluding hydrogens is 264 g/mol. The normalized spacial score (nSPS) is 15.1. The van der Waals surface area contributed by atoms with Crippen molar-refractivity contribution in [2.24, 2.45) is 0 Å². The third-order valence-electron chi connectivity index (χ3n) is 5.26. The molecule has 0 saturated heterocycles. The lowest BCUT2D eigenvalue weighted by atomic mass is 9.81. The lowest BCUT2D eigenvalue weighted by molar-refractivity contribution is 0.658. The highest BCUT2D eigenvalue weighted by Crippen LogP contribution is 2.51. The molecule has 110 valence electrons. The molecule has 0 bridgehead atoms. The Labute approximate surface area is 132 Å². The highest BCUT2D eigenvalue weighted by atomic mass is 14.4. The predicted octanol–water partition coefficient (Wildman–Crippen LogP) is 6.27. The van der Waals surface area contributed by atoms with Crippen molar-refractivity contribution in [3.8, 4) is 11.1 Å². The summed E-state index contributed by atoms with van der Waals surface area (Å²) in [4.78, 5) is 0. The maximum absolute atomic E-state index is 2.43. The molecule has 0 amide bonds. The standard InChI is InChI=1S/C22H22/c1-14(2)16-9-11-18-20(13-16)22(3,4)19-12-10-15-7-5-6-8-17(15)21(18)19/h5-14H,1-4H3. The molecule has 0 saturated carbocycles. The molecule has 0 aliphatic heterocycles. The fourth-order valence-electron chi connectivity index (χ4n) is 3.88. The molecule has 0 heterocycles. The van der Waals surface area contributed by atoms with Crippen molar-refractivity contribution in [2.45, 2.75) is 39.0 Å². The summed E-state index contributed by atoms with van der Waals surface area (Å²) in [6.45, 7) is 9.26. The van der Waals surface area contributed by atoms with Crippen molar-refractivity contribution >= 4 is 10.8 Å². The minimum atomic E-state index is 0.0829. The highest BCUT2D eigenvalue weighted by Gasteiger charge is 2.36. The summed E-state index contributed by atoms with van der Waals surface area (Å²) in [7, 11) is 0. The van der Waals surface area contributed by atoms with Crippen LogP contribution < -0.4 is 0 Å². The zero-order valence-electron chi connectivity index (χ0n) is 13.8. The Hall–Kier alpha value is -2.08. The second-order valence-electron chi connectivity index (χ2n) is 7.29. The minimum absolute atomic E-state index is 0.0829. The summed E-state index contributed by atoms with van der Waals surface area (Å²) < 4.78 is 0. The van der Waals surface area contributed by atoms with Crippen molar-refractivity contribution in [1.29, 1.82) is 0 Å². The summed E-state index contributed by atoms with van der Waals surface area (Å²) in [5.74, 6) is 0.571. The molecule has 0 heteroatoms. The zero-order valence-corrected chi connectivity index (χ0v) is 13.8. The van der Waals surface area contributed by atoms with Gasteiger partial charge in [0.1, 0.15) is 0 Å². The van der Waals surface area contributed by atoms with Gasteiger partial charge < -0.3 is 0 Å². The Kier molecular flexibility index (Phi) is 2.75. The Balaban J connectivity index is 2.10. The number of rotatable bonds is 1. The third-order valence-corrected chi connectivity index (χ3v) is 5.26. The minimum Gasteiger partial charge on any atom is -0.0616 e. The first-order valence-corrected chi connectivity index (χ1v) is 8.17. The van der Waals surface area contributed by atoms with Gasteiger partial charge >= 0.3 is 0 Å². The zero-order chi connectivity index (χ0) is 15.5. The molecule has 3 aromatic carbocycles. The van der Waals surface area contributed by atoms with E-state index in [-0.39, 0.29) is 5.41 Å². The van der Waals surface area contributed by atoms with E-state index in [2.05, 4.69) is 82.3 Å². The molecule has 0 nitrogen and oxygen atoms in total. The highest BCUT2D eigenvalue weighted by molar-refractivity contribution is 6.02. The Morgan fingerprint density at radius 3 is 2.36 bits per heavy atom. The first-order valence-electron chi connectivity index (χ1n) is 8.17. The molecule has 4 rings (SSSR count). The predicted molar refractivity (Wildman–Crippen MR) is 95.6 cm³/mol. The fourth-order valence-corrected chi connectivity index (χ4v) is 3.88. The van der Waals surface area contributed by atoms with Gasteiger partial charge in [0.15, 0.2) is 0 Å². The number of benzene rings is 3. The maximum atomic E-state index is 2.43. The number of fused-ring (bicyclic) bond motifs is 5. The Bertz CT molecular complexity index is 882. The van der Waals surface area contributed by atoms with Gasteiger partial charge in [0.05, 0.1) is 0 Å². The first-order chi connectivity index (χ1) is 10.5. The summed E-state index contributed by atoms with van der Waals surface area (Å²) >= 11 is 0. The Morgan fingerprint density at radius 1 is 0.818 bits per heavy atom. The number of hydrogen-bond donors (Lipinski definition) is 0. The van der Waals surface area contributed by atoms with Gasteiger partial charge in [-0.2, -0.15) is 0 Å². The maximum Gasteiger partial charge on any atom is 0.0159 e. The first kappa shape index (κ1) is 13.6. The van der Waals surface area contributed by atoms with Crippen molar-refractivity contribution in [1.82, 2.24) is 0 Å². The van der Waals surface area contributed by atoms with Crippen molar-refractivity contribution in [2.75, 3.05) is 0 Å². The second kappa shape index (κ2) is 4.46. The van der Waals surface area contributed by atoms with Crippen LogP contribution in [0.2, 0.25) is 0 Å². The topological polar surface area (TPSA) is 0 Å². The third kappa shape index (κ3) is 1.70. The Morgan fingerprint density at radius 2 is 1.59 bits per heavy atom. The molecule has 0 fully saturated rings. The van der Waals surface area contributed by atoms with Crippen molar-refractivity contribution < 1.29 is 0 Å². The van der Waals surface area contributed by atoms with Crippen LogP contribution >= 0.6 is 0 Å². The summed E-state index contributed by atoms with van der Waals surface area (Å²) in [6.07, 6.45) is 0. The van der Waals surface area contributed by atoms with E-state index in [0.717, 1.165) is 0 Å². The molecular formula is C22H22. The van der Waals surface area contributed by atoms with Gasteiger partial charge in [-0.25, -0.2) is 0 Å². The molecule has 0 spiro atoms. The number of hydrogen-bond acceptors (Lipinski definition) is 0. The smallest absolute Gasteiger partial charge is 0.0159 e. The quantitative estimate of drug-likeness (QED) is 0.494. The van der Waals surface area contributed by atoms with Crippen LogP contribution in [-0.4, -0.2) is 0 Å². The van der Waals surface area contributed by atoms with Crippen LogP contribution in [0.4, 0.5) is 0 Å². The SMILES string of the molecule is CC(C)c1ccc2c(c1)C(C)(C)c1ccc3ccccc3c1-2. The van der Waals surface area contributed by atoms with Gasteiger partial charge in [0.2, 0.25) is 0 Å². The van der Waals surface area contributed by atoms with Gasteiger partial charge in [-0.05, 0) is 44.5 Å². The van der Waals surface area contributed by atoms with Gasteiger partial charge in [0, 0.05) is 5.41 Å². The van der Waals surface area contributed by atoms with E-state index in [9.17, 15) is 0 Å². The molecule has 0 atom stereocenters. The second-order valence-corrected chi connectivity index (χ2v) is 7.29. The molecule has 3 aromatic rings. The van der Waals surface area contributed by atoms with Crippen LogP contribution in [0, 0.1) is 0 Å². The van der Waals surface area contributed by atoms with Gasteiger partial charge in [-0.3, -0.25) is 0 Å². The lowest BCUT2D eigenvalue weighted by Crippen LogP contribution is -2.15. The van der Waals surface area contributed by atoms with Gasteiger partial charge in [0.25, 0.3) is 0 Å². The molecule has 22 heavy (non-hydrogen) atoms. The lowest BCUT2D eigenvalue weighted by Gasteiger charge is -2.22. The molecule has 0 aromatic heterocycles. The van der Waals surface area contributed by atoms with Crippen LogP contribution in [0.15, 0.2) is 54.6 Å². The van der Waals surface area contributed by atoms with Crippen LogP contribution in [0.1, 0.15) is 50.3 Å². The summed E-state index contributed by atoms with van der Waals surface area (Å²) in [6, 6.07) is 20.4. The average Bonchev–Trinajstić information content (AvgIpc) is 2.75. The van der Waals surface area contributed by atoms with Crippen molar-refractivity contribution in [3.05, 3.63) is 71.3 Å². The molecule has 1 aliphatic carbocycles. The van der Waals surface area contributed by atoms with E-state index in [1.54, 1.807) is 0 Å². The van der Waals surface area contributed by atoms with Crippen LogP contribution in [0.25, 0.3) is 21.9 Å². The average molecular weight is 286 g/mol. The summed E-state index contributed by atoms with van der Waals surface area (Å²) in [5, 5.41) is 2.71. The van der Waals surface area contributed by atoms with E-state index in [1.165, 1.54) is 38.6 Å². The van der Waals surface area contributed by atoms with Gasteiger partial charge in [-0.1, -0.05) is 82.3 Å². The van der Waals surface area contributed by atoms with E-state index in [0.29, 0.717) is 5.92 Å². The van der Waals surface area contributed by atoms with Crippen molar-refractivity contribution in [3.63, 3.8) is 0 Å². The molecule has 0 radical (unpaired) electrons. The summed E-state index contributed by atoms with van der Waals surface area (Å²) in [5.41, 5.74) is 7.31. The van der Waals surface area contributed by atoms with Crippen LogP contribution in [-0.2, 0) is 5.41 Å². The fraction of sp³-hybridized carbons (Fsp3) is 0.273. The van der Waals surface area contributed by atoms with Gasteiger partial charge in [-0.15, -0.1) is 0 Å². The monoisotopic (exact) mass is 286 g/mol. The molecule has 0 N–H and O–H groups in total. The van der Waals surface area contributed by atoms with E-state index in [1.807, 2.05) is 0 Å². The largest absolute Gasteiger partial charge is 0.0616 e. The van der Waals surface area contributed by atoms with E-state index in [4.69, 9.17) is 0 Å². The molecule has 1 aliphatic rings. The van der Waals surface area contributed by atoms with Crippen LogP contribution in [0.3, 0.4) is 0 Å².